The fourth-order valence-electron chi connectivity index (χ4n) is 6.50. The molecule has 1 amide bonds. The van der Waals surface area contributed by atoms with Gasteiger partial charge in [0.2, 0.25) is 15.4 Å². The number of nitrogens with zero attached hydrogens (tertiary/aromatic N) is 1. The van der Waals surface area contributed by atoms with Crippen molar-refractivity contribution in [3.8, 4) is 22.6 Å². The molecule has 7 aromatic rings. The summed E-state index contributed by atoms with van der Waals surface area (Å²) in [4.78, 5) is 31.3. The van der Waals surface area contributed by atoms with Crippen LogP contribution in [0.4, 0.5) is 11.4 Å². The summed E-state index contributed by atoms with van der Waals surface area (Å²) >= 11 is 0. The van der Waals surface area contributed by atoms with E-state index in [1.807, 2.05) is 30.3 Å². The van der Waals surface area contributed by atoms with E-state index < -0.39 is 21.8 Å². The predicted octanol–water partition coefficient (Wildman–Crippen LogP) is 6.26. The van der Waals surface area contributed by atoms with Gasteiger partial charge in [0.05, 0.1) is 45.3 Å². The van der Waals surface area contributed by atoms with Crippen molar-refractivity contribution in [1.82, 2.24) is 15.3 Å². The number of carbonyl (C=O) groups excluding carboxylic acids is 1. The Hall–Kier alpha value is -6.54. The number of aromatic hydroxyl groups is 1. The number of phenols is 1. The average molecular weight is 756 g/mol. The molecule has 7 N–H and O–H groups in total. The first-order chi connectivity index (χ1) is 26.4. The van der Waals surface area contributed by atoms with Crippen molar-refractivity contribution in [2.45, 2.75) is 29.4 Å². The minimum Gasteiger partial charge on any atom is -0.506 e. The van der Waals surface area contributed by atoms with Crippen LogP contribution >= 0.6 is 0 Å². The summed E-state index contributed by atoms with van der Waals surface area (Å²) < 4.78 is 33.8. The molecular weight excluding hydrogens is 719 g/mol. The normalized spacial score (nSPS) is 12.1. The average Bonchev–Trinajstić information content (AvgIpc) is 3.18. The number of aliphatic hydroxyl groups excluding tert-OH is 1. The number of nitrogens with one attached hydrogen (secondary N) is 3. The number of amides is 1. The summed E-state index contributed by atoms with van der Waals surface area (Å²) in [6.45, 7) is 2.42. The summed E-state index contributed by atoms with van der Waals surface area (Å²) in [6.07, 6.45) is 0.474. The van der Waals surface area contributed by atoms with Crippen molar-refractivity contribution in [1.29, 1.82) is 0 Å². The first-order valence-electron chi connectivity index (χ1n) is 17.2. The number of aromatic amines is 1. The molecule has 0 radical (unpaired) electrons. The highest BCUT2D eigenvalue weighted by Gasteiger charge is 2.23. The molecule has 0 spiro atoms. The van der Waals surface area contributed by atoms with Gasteiger partial charge in [-0.3, -0.25) is 14.6 Å². The molecular formula is C42H37N5O7S. The third-order valence-corrected chi connectivity index (χ3v) is 11.1. The van der Waals surface area contributed by atoms with Gasteiger partial charge < -0.3 is 36.3 Å². The van der Waals surface area contributed by atoms with Crippen LogP contribution in [-0.4, -0.2) is 48.2 Å². The molecule has 7 rings (SSSR count). The molecule has 2 heterocycles. The zero-order valence-corrected chi connectivity index (χ0v) is 30.6. The molecule has 13 heteroatoms. The molecule has 0 aliphatic heterocycles. The van der Waals surface area contributed by atoms with Crippen LogP contribution in [0.25, 0.3) is 32.9 Å². The van der Waals surface area contributed by atoms with Gasteiger partial charge in [-0.15, -0.1) is 0 Å². The van der Waals surface area contributed by atoms with E-state index in [1.165, 1.54) is 24.4 Å². The number of hydrogen-bond donors (Lipinski definition) is 6. The quantitative estimate of drug-likeness (QED) is 0.0828. The van der Waals surface area contributed by atoms with Gasteiger partial charge in [0.25, 0.3) is 5.91 Å². The van der Waals surface area contributed by atoms with E-state index >= 15 is 0 Å². The second-order valence-corrected chi connectivity index (χ2v) is 15.1. The van der Waals surface area contributed by atoms with Crippen LogP contribution in [0, 0.1) is 6.92 Å². The molecule has 0 fully saturated rings. The monoisotopic (exact) mass is 755 g/mol. The Bertz CT molecular complexity index is 2770. The number of carbonyl (C=O) groups is 1. The standard InChI is InChI=1S/C42H37N5O7S/c1-24-15-33(20-34-39(24)45-22-35(42(43)51)41(34)46-30-6-4-7-31(19-30)54-2)55(52,53)32-8-3-5-27(17-32)26-11-9-25(10-12-26)21-44-23-37(49)29-16-28-13-14-38(50)47-40(28)36(48)18-29/h3-20,22,37,44,48-49H,21,23H2,1-2H3,(H2,43,51)(H,45,46)(H,47,50)/t37-/m0/s1. The number of aryl methyl sites for hydroxylation is 1. The van der Waals surface area contributed by atoms with E-state index in [4.69, 9.17) is 10.5 Å². The molecule has 1 atom stereocenters. The maximum absolute atomic E-state index is 14.2. The number of anilines is 2. The third-order valence-electron chi connectivity index (χ3n) is 9.37. The van der Waals surface area contributed by atoms with Crippen LogP contribution in [0.5, 0.6) is 11.5 Å². The number of benzene rings is 5. The predicted molar refractivity (Wildman–Crippen MR) is 212 cm³/mol. The van der Waals surface area contributed by atoms with Crippen molar-refractivity contribution in [3.05, 3.63) is 148 Å². The number of hydrogen-bond acceptors (Lipinski definition) is 10. The first kappa shape index (κ1) is 36.8. The minimum atomic E-state index is -4.04. The molecule has 5 aromatic carbocycles. The highest BCUT2D eigenvalue weighted by molar-refractivity contribution is 7.91. The van der Waals surface area contributed by atoms with Crippen LogP contribution in [0.3, 0.4) is 0 Å². The molecule has 2 aromatic heterocycles. The number of methoxy groups -OCH3 is 1. The van der Waals surface area contributed by atoms with E-state index in [9.17, 15) is 28.2 Å². The van der Waals surface area contributed by atoms with Gasteiger partial charge in [-0.05, 0) is 89.3 Å². The van der Waals surface area contributed by atoms with Gasteiger partial charge in [-0.25, -0.2) is 8.42 Å². The van der Waals surface area contributed by atoms with E-state index in [0.717, 1.165) is 11.1 Å². The number of ether oxygens (including phenoxy) is 1. The molecule has 0 bridgehead atoms. The van der Waals surface area contributed by atoms with Gasteiger partial charge >= 0.3 is 0 Å². The van der Waals surface area contributed by atoms with Crippen molar-refractivity contribution in [2.75, 3.05) is 19.0 Å². The Balaban J connectivity index is 1.10. The van der Waals surface area contributed by atoms with Gasteiger partial charge in [0.1, 0.15) is 11.5 Å². The van der Waals surface area contributed by atoms with E-state index in [-0.39, 0.29) is 33.2 Å². The van der Waals surface area contributed by atoms with Gasteiger partial charge in [0, 0.05) is 47.9 Å². The first-order valence-corrected chi connectivity index (χ1v) is 18.7. The van der Waals surface area contributed by atoms with Crippen molar-refractivity contribution in [3.63, 3.8) is 0 Å². The Morgan fingerprint density at radius 3 is 2.47 bits per heavy atom. The Morgan fingerprint density at radius 1 is 0.927 bits per heavy atom. The lowest BCUT2D eigenvalue weighted by Gasteiger charge is -2.16. The number of fused-ring (bicyclic) bond motifs is 2. The van der Waals surface area contributed by atoms with Gasteiger partial charge in [-0.1, -0.05) is 42.5 Å². The molecule has 0 aliphatic carbocycles. The number of sulfone groups is 1. The Morgan fingerprint density at radius 2 is 1.71 bits per heavy atom. The van der Waals surface area contributed by atoms with Gasteiger partial charge in [0.15, 0.2) is 0 Å². The third kappa shape index (κ3) is 7.62. The second-order valence-electron chi connectivity index (χ2n) is 13.1. The Labute approximate surface area is 316 Å². The maximum atomic E-state index is 14.2. The number of aromatic nitrogens is 2. The smallest absolute Gasteiger partial charge is 0.252 e. The lowest BCUT2D eigenvalue weighted by molar-refractivity contribution is 0.100. The fraction of sp³-hybridized carbons (Fsp3) is 0.119. The van der Waals surface area contributed by atoms with E-state index in [0.29, 0.717) is 62.2 Å². The zero-order valence-electron chi connectivity index (χ0n) is 29.8. The number of pyridine rings is 2. The summed E-state index contributed by atoms with van der Waals surface area (Å²) in [7, 11) is -2.50. The summed E-state index contributed by atoms with van der Waals surface area (Å²) in [5, 5.41) is 28.6. The second kappa shape index (κ2) is 15.1. The molecule has 0 unspecified atom stereocenters. The number of phenolic OH excluding ortho intramolecular Hbond substituents is 1. The molecule has 0 aliphatic rings. The lowest BCUT2D eigenvalue weighted by Crippen LogP contribution is -2.21. The maximum Gasteiger partial charge on any atom is 0.252 e. The van der Waals surface area contributed by atoms with Crippen LogP contribution < -0.4 is 26.7 Å². The number of rotatable bonds is 12. The van der Waals surface area contributed by atoms with Crippen molar-refractivity contribution < 1.29 is 28.2 Å². The van der Waals surface area contributed by atoms with Crippen LogP contribution in [-0.2, 0) is 16.4 Å². The molecule has 12 nitrogen and oxygen atoms in total. The van der Waals surface area contributed by atoms with Crippen molar-refractivity contribution in [2.24, 2.45) is 5.73 Å². The van der Waals surface area contributed by atoms with E-state index in [2.05, 4.69) is 20.6 Å². The number of nitrogens with two attached hydrogens (primary N) is 1. The molecule has 0 saturated heterocycles. The number of H-pyrrole nitrogens is 1. The number of primary amides is 1. The fourth-order valence-corrected chi connectivity index (χ4v) is 7.91. The van der Waals surface area contributed by atoms with Crippen LogP contribution in [0.1, 0.15) is 33.2 Å². The lowest BCUT2D eigenvalue weighted by atomic mass is 10.0. The highest BCUT2D eigenvalue weighted by Crippen LogP contribution is 2.36. The summed E-state index contributed by atoms with van der Waals surface area (Å²) in [5.74, 6) is -0.251. The molecule has 0 saturated carbocycles. The van der Waals surface area contributed by atoms with Crippen molar-refractivity contribution >= 4 is 48.9 Å². The van der Waals surface area contributed by atoms with Gasteiger partial charge in [-0.2, -0.15) is 0 Å². The number of aliphatic hydroxyl groups is 1. The summed E-state index contributed by atoms with van der Waals surface area (Å²) in [5.41, 5.74) is 10.8. The SMILES string of the molecule is COc1cccc(Nc2c(C(N)=O)cnc3c(C)cc(S(=O)(=O)c4cccc(-c5ccc(CNC[C@H](O)c6cc(O)c7[nH]c(=O)ccc7c6)cc5)c4)cc23)c1. The minimum absolute atomic E-state index is 0.0317. The topological polar surface area (TPSA) is 197 Å². The zero-order chi connectivity index (χ0) is 38.9. The highest BCUT2D eigenvalue weighted by atomic mass is 32.2. The molecule has 55 heavy (non-hydrogen) atoms. The Kier molecular flexibility index (Phi) is 10.1. The van der Waals surface area contributed by atoms with Crippen LogP contribution in [0.15, 0.2) is 130 Å². The van der Waals surface area contributed by atoms with E-state index in [1.54, 1.807) is 74.7 Å². The molecule has 278 valence electrons. The summed E-state index contributed by atoms with van der Waals surface area (Å²) in [6, 6.07) is 30.6. The van der Waals surface area contributed by atoms with Crippen LogP contribution in [0.2, 0.25) is 0 Å². The largest absolute Gasteiger partial charge is 0.506 e.